The fourth-order valence-electron chi connectivity index (χ4n) is 6.25. The van der Waals surface area contributed by atoms with E-state index in [9.17, 15) is 0 Å². The average Bonchev–Trinajstić information content (AvgIpc) is 2.91. The molecule has 0 nitrogen and oxygen atoms in total. The Kier molecular flexibility index (Phi) is 29.6. The van der Waals surface area contributed by atoms with E-state index < -0.39 is 0 Å². The van der Waals surface area contributed by atoms with Gasteiger partial charge in [-0.1, -0.05) is 183 Å². The van der Waals surface area contributed by atoms with Crippen molar-refractivity contribution < 1.29 is 0 Å². The largest absolute Gasteiger partial charge is 0.155 e. The van der Waals surface area contributed by atoms with Crippen LogP contribution in [0.3, 0.4) is 0 Å². The molecular formula is C36H74S. The van der Waals surface area contributed by atoms with E-state index in [1.54, 1.807) is 0 Å². The molecule has 0 amide bonds. The maximum absolute atomic E-state index is 2.51. The quantitative estimate of drug-likeness (QED) is 0.0819. The minimum atomic E-state index is 0.909. The lowest BCUT2D eigenvalue weighted by molar-refractivity contribution is 0.391. The monoisotopic (exact) mass is 539 g/mol. The predicted molar refractivity (Wildman–Crippen MR) is 176 cm³/mol. The summed E-state index contributed by atoms with van der Waals surface area (Å²) < 4.78 is 0. The molecule has 0 rings (SSSR count). The maximum Gasteiger partial charge on any atom is 0.00781 e. The molecule has 4 atom stereocenters. The van der Waals surface area contributed by atoms with Gasteiger partial charge in [0.1, 0.15) is 0 Å². The highest BCUT2D eigenvalue weighted by atomic mass is 32.2. The Morgan fingerprint density at radius 3 is 0.919 bits per heavy atom. The van der Waals surface area contributed by atoms with Gasteiger partial charge in [0.05, 0.1) is 0 Å². The molecule has 4 unspecified atom stereocenters. The number of rotatable bonds is 30. The first-order valence-corrected chi connectivity index (χ1v) is 18.8. The molecule has 0 fully saturated rings. The molecule has 0 heterocycles. The molecule has 37 heavy (non-hydrogen) atoms. The highest BCUT2D eigenvalue weighted by molar-refractivity contribution is 8.00. The number of hydrogen-bond donors (Lipinski definition) is 0. The van der Waals surface area contributed by atoms with E-state index in [0.29, 0.717) is 0 Å². The summed E-state index contributed by atoms with van der Waals surface area (Å²) in [4.78, 5) is 0. The van der Waals surface area contributed by atoms with Crippen LogP contribution < -0.4 is 0 Å². The van der Waals surface area contributed by atoms with Gasteiger partial charge in [-0.15, -0.1) is 0 Å². The second-order valence-corrected chi connectivity index (χ2v) is 13.8. The Bertz CT molecular complexity index is 381. The zero-order chi connectivity index (χ0) is 27.4. The van der Waals surface area contributed by atoms with Crippen molar-refractivity contribution in [2.24, 2.45) is 11.8 Å². The molecule has 0 aromatic heterocycles. The van der Waals surface area contributed by atoms with Gasteiger partial charge in [0.15, 0.2) is 0 Å². The zero-order valence-electron chi connectivity index (χ0n) is 27.1. The Balaban J connectivity index is 4.98. The second kappa shape index (κ2) is 29.3. The molecule has 0 N–H and O–H groups in total. The van der Waals surface area contributed by atoms with Crippen LogP contribution >= 0.6 is 11.8 Å². The number of hydrogen-bond acceptors (Lipinski definition) is 1. The van der Waals surface area contributed by atoms with Crippen LogP contribution in [-0.4, -0.2) is 10.5 Å². The van der Waals surface area contributed by atoms with Crippen molar-refractivity contribution in [3.05, 3.63) is 0 Å². The summed E-state index contributed by atoms with van der Waals surface area (Å²) in [6.07, 6.45) is 37.6. The molecule has 0 bridgehead atoms. The summed E-state index contributed by atoms with van der Waals surface area (Å²) in [5.41, 5.74) is 0. The van der Waals surface area contributed by atoms with E-state index >= 15 is 0 Å². The van der Waals surface area contributed by atoms with E-state index in [1.165, 1.54) is 167 Å². The Morgan fingerprint density at radius 2 is 0.622 bits per heavy atom. The van der Waals surface area contributed by atoms with Crippen molar-refractivity contribution in [1.29, 1.82) is 0 Å². The van der Waals surface area contributed by atoms with Crippen LogP contribution in [0.2, 0.25) is 0 Å². The van der Waals surface area contributed by atoms with Gasteiger partial charge in [0, 0.05) is 10.5 Å². The first-order chi connectivity index (χ1) is 18.2. The second-order valence-electron chi connectivity index (χ2n) is 12.4. The SMILES string of the molecule is CCCCCCCCCCC(SC(CCCCCCCCCC)C(CC)CCCC)C(CC)CCCC. The average molecular weight is 539 g/mol. The molecule has 0 aliphatic heterocycles. The molecule has 0 saturated heterocycles. The third-order valence-corrected chi connectivity index (χ3v) is 10.9. The fourth-order valence-corrected chi connectivity index (χ4v) is 8.41. The van der Waals surface area contributed by atoms with E-state index in [-0.39, 0.29) is 0 Å². The van der Waals surface area contributed by atoms with Crippen molar-refractivity contribution in [2.75, 3.05) is 0 Å². The van der Waals surface area contributed by atoms with Crippen LogP contribution in [0.5, 0.6) is 0 Å². The molecule has 0 radical (unpaired) electrons. The molecule has 1 heteroatoms. The predicted octanol–water partition coefficient (Wildman–Crippen LogP) is 14.0. The number of unbranched alkanes of at least 4 members (excludes halogenated alkanes) is 16. The van der Waals surface area contributed by atoms with Crippen molar-refractivity contribution in [2.45, 2.75) is 219 Å². The van der Waals surface area contributed by atoms with Gasteiger partial charge in [-0.25, -0.2) is 0 Å². The van der Waals surface area contributed by atoms with Gasteiger partial charge in [0.25, 0.3) is 0 Å². The van der Waals surface area contributed by atoms with Crippen molar-refractivity contribution >= 4 is 11.8 Å². The highest BCUT2D eigenvalue weighted by Gasteiger charge is 2.27. The van der Waals surface area contributed by atoms with Gasteiger partial charge in [-0.3, -0.25) is 0 Å². The molecule has 0 spiro atoms. The first-order valence-electron chi connectivity index (χ1n) is 17.8. The molecule has 0 aliphatic rings. The minimum absolute atomic E-state index is 0.909. The number of thioether (sulfide) groups is 1. The Hall–Kier alpha value is 0.350. The van der Waals surface area contributed by atoms with E-state index in [4.69, 9.17) is 0 Å². The van der Waals surface area contributed by atoms with Gasteiger partial charge in [-0.05, 0) is 37.5 Å². The molecule has 0 aromatic carbocycles. The van der Waals surface area contributed by atoms with Gasteiger partial charge < -0.3 is 0 Å². The Morgan fingerprint density at radius 1 is 0.324 bits per heavy atom. The summed E-state index contributed by atoms with van der Waals surface area (Å²) in [5, 5.41) is 1.82. The van der Waals surface area contributed by atoms with E-state index in [1.807, 2.05) is 0 Å². The van der Waals surface area contributed by atoms with Gasteiger partial charge in [0.2, 0.25) is 0 Å². The van der Waals surface area contributed by atoms with Crippen molar-refractivity contribution in [3.8, 4) is 0 Å². The molecule has 0 aromatic rings. The van der Waals surface area contributed by atoms with Crippen LogP contribution in [0.4, 0.5) is 0 Å². The van der Waals surface area contributed by atoms with Crippen LogP contribution in [-0.2, 0) is 0 Å². The van der Waals surface area contributed by atoms with Crippen molar-refractivity contribution in [1.82, 2.24) is 0 Å². The summed E-state index contributed by atoms with van der Waals surface area (Å²) in [7, 11) is 0. The summed E-state index contributed by atoms with van der Waals surface area (Å²) >= 11 is 2.51. The molecule has 0 saturated carbocycles. The van der Waals surface area contributed by atoms with Crippen LogP contribution in [0.25, 0.3) is 0 Å². The van der Waals surface area contributed by atoms with Crippen LogP contribution in [0, 0.1) is 11.8 Å². The lowest BCUT2D eigenvalue weighted by atomic mass is 9.91. The third-order valence-electron chi connectivity index (χ3n) is 8.99. The van der Waals surface area contributed by atoms with Gasteiger partial charge in [-0.2, -0.15) is 11.8 Å². The standard InChI is InChI=1S/C36H74S/c1-7-13-17-19-21-23-25-27-31-35(33(11-5)29-15-9-3)37-36(34(12-6)30-16-10-4)32-28-26-24-22-20-18-14-8-2/h33-36H,7-32H2,1-6H3. The summed E-state index contributed by atoms with van der Waals surface area (Å²) in [6.45, 7) is 14.4. The molecule has 0 aliphatic carbocycles. The topological polar surface area (TPSA) is 0 Å². The van der Waals surface area contributed by atoms with Crippen molar-refractivity contribution in [3.63, 3.8) is 0 Å². The first kappa shape index (κ1) is 37.4. The van der Waals surface area contributed by atoms with Gasteiger partial charge >= 0.3 is 0 Å². The lowest BCUT2D eigenvalue weighted by Crippen LogP contribution is -2.25. The zero-order valence-corrected chi connectivity index (χ0v) is 27.9. The van der Waals surface area contributed by atoms with Crippen LogP contribution in [0.15, 0.2) is 0 Å². The molecule has 224 valence electrons. The lowest BCUT2D eigenvalue weighted by Gasteiger charge is -2.34. The summed E-state index contributed by atoms with van der Waals surface area (Å²) in [6, 6.07) is 0. The minimum Gasteiger partial charge on any atom is -0.155 e. The highest BCUT2D eigenvalue weighted by Crippen LogP contribution is 2.40. The third kappa shape index (κ3) is 21.8. The smallest absolute Gasteiger partial charge is 0.00781 e. The van der Waals surface area contributed by atoms with Crippen LogP contribution in [0.1, 0.15) is 208 Å². The Labute approximate surface area is 242 Å². The maximum atomic E-state index is 2.51. The van der Waals surface area contributed by atoms with E-state index in [0.717, 1.165) is 22.3 Å². The normalized spacial score (nSPS) is 15.1. The summed E-state index contributed by atoms with van der Waals surface area (Å²) in [5.74, 6) is 1.89. The van der Waals surface area contributed by atoms with E-state index in [2.05, 4.69) is 53.3 Å². The fraction of sp³-hybridized carbons (Fsp3) is 1.00. The molecular weight excluding hydrogens is 464 g/mol.